The van der Waals surface area contributed by atoms with Crippen molar-refractivity contribution in [3.05, 3.63) is 58.8 Å². The van der Waals surface area contributed by atoms with Gasteiger partial charge in [0.25, 0.3) is 11.5 Å². The van der Waals surface area contributed by atoms with Crippen LogP contribution >= 0.6 is 0 Å². The Balaban J connectivity index is 1.37. The molecule has 1 N–H and O–H groups in total. The molecule has 2 aromatic rings. The van der Waals surface area contributed by atoms with Crippen molar-refractivity contribution in [1.29, 1.82) is 0 Å². The molecule has 1 atom stereocenters. The zero-order valence-electron chi connectivity index (χ0n) is 15.4. The van der Waals surface area contributed by atoms with Gasteiger partial charge >= 0.3 is 0 Å². The minimum Gasteiger partial charge on any atom is -0.369 e. The van der Waals surface area contributed by atoms with Crippen molar-refractivity contribution in [3.8, 4) is 0 Å². The number of likely N-dealkylation sites (tertiary alicyclic amines) is 1. The minimum absolute atomic E-state index is 0.132. The first-order chi connectivity index (χ1) is 13.2. The molecule has 0 bridgehead atoms. The first kappa shape index (κ1) is 17.7. The van der Waals surface area contributed by atoms with Crippen LogP contribution < -0.4 is 10.5 Å². The first-order valence-electron chi connectivity index (χ1n) is 9.58. The van der Waals surface area contributed by atoms with E-state index < -0.39 is 0 Å². The third-order valence-corrected chi connectivity index (χ3v) is 5.58. The molecular weight excluding hydrogens is 342 g/mol. The lowest BCUT2D eigenvalue weighted by Gasteiger charge is -2.43. The van der Waals surface area contributed by atoms with Gasteiger partial charge in [-0.05, 0) is 25.0 Å². The lowest BCUT2D eigenvalue weighted by atomic mass is 10.0. The average Bonchev–Trinajstić information content (AvgIpc) is 2.74. The van der Waals surface area contributed by atoms with Gasteiger partial charge in [-0.3, -0.25) is 14.5 Å². The number of benzene rings is 1. The van der Waals surface area contributed by atoms with Gasteiger partial charge < -0.3 is 14.8 Å². The fourth-order valence-electron chi connectivity index (χ4n) is 4.09. The van der Waals surface area contributed by atoms with Gasteiger partial charge in [-0.15, -0.1) is 0 Å². The van der Waals surface area contributed by atoms with Crippen LogP contribution in [-0.2, 0) is 0 Å². The van der Waals surface area contributed by atoms with Crippen molar-refractivity contribution in [2.24, 2.45) is 0 Å². The van der Waals surface area contributed by atoms with Gasteiger partial charge in [-0.1, -0.05) is 18.2 Å². The number of hydrogen-bond acceptors (Lipinski definition) is 5. The number of aromatic nitrogens is 2. The van der Waals surface area contributed by atoms with Crippen LogP contribution in [0.25, 0.3) is 0 Å². The molecule has 2 fully saturated rings. The number of amides is 1. The summed E-state index contributed by atoms with van der Waals surface area (Å²) in [5.74, 6) is -0.211. The Kier molecular flexibility index (Phi) is 5.20. The molecule has 0 saturated carbocycles. The molecule has 2 aliphatic rings. The Morgan fingerprint density at radius 3 is 2.59 bits per heavy atom. The standard InChI is InChI=1S/C20H25N5O2/c26-19-18(13-21-15-22-19)20(27)25-8-4-7-17(14-25)24-11-9-23(10-12-24)16-5-2-1-3-6-16/h1-3,5-6,13,15,17H,4,7-12,14H2,(H,21,22,26). The highest BCUT2D eigenvalue weighted by atomic mass is 16.2. The molecule has 1 amide bonds. The van der Waals surface area contributed by atoms with Gasteiger partial charge in [-0.25, -0.2) is 4.98 Å². The van der Waals surface area contributed by atoms with E-state index >= 15 is 0 Å². The Labute approximate surface area is 158 Å². The number of hydrogen-bond donors (Lipinski definition) is 1. The molecule has 0 radical (unpaired) electrons. The Hall–Kier alpha value is -2.67. The van der Waals surface area contributed by atoms with Crippen LogP contribution in [0.2, 0.25) is 0 Å². The van der Waals surface area contributed by atoms with Gasteiger partial charge in [0.05, 0.1) is 6.33 Å². The number of para-hydroxylation sites is 1. The number of piperazine rings is 1. The van der Waals surface area contributed by atoms with Crippen LogP contribution in [0, 0.1) is 0 Å². The summed E-state index contributed by atoms with van der Waals surface area (Å²) < 4.78 is 0. The van der Waals surface area contributed by atoms with Crippen LogP contribution in [0.3, 0.4) is 0 Å². The second-order valence-electron chi connectivity index (χ2n) is 7.20. The van der Waals surface area contributed by atoms with E-state index in [0.717, 1.165) is 39.0 Å². The van der Waals surface area contributed by atoms with Gasteiger partial charge in [-0.2, -0.15) is 0 Å². The fourth-order valence-corrected chi connectivity index (χ4v) is 4.09. The van der Waals surface area contributed by atoms with Crippen LogP contribution in [0.4, 0.5) is 5.69 Å². The maximum Gasteiger partial charge on any atom is 0.263 e. The van der Waals surface area contributed by atoms with Crippen LogP contribution in [0.5, 0.6) is 0 Å². The summed E-state index contributed by atoms with van der Waals surface area (Å²) in [4.78, 5) is 37.7. The van der Waals surface area contributed by atoms with Crippen LogP contribution in [0.1, 0.15) is 23.2 Å². The summed E-state index contributed by atoms with van der Waals surface area (Å²) >= 11 is 0. The van der Waals surface area contributed by atoms with Gasteiger partial charge in [0.2, 0.25) is 0 Å². The summed E-state index contributed by atoms with van der Waals surface area (Å²) in [6.07, 6.45) is 4.74. The number of piperidine rings is 1. The number of aromatic amines is 1. The number of H-pyrrole nitrogens is 1. The molecule has 4 rings (SSSR count). The monoisotopic (exact) mass is 367 g/mol. The second kappa shape index (κ2) is 7.92. The topological polar surface area (TPSA) is 72.5 Å². The maximum atomic E-state index is 12.7. The second-order valence-corrected chi connectivity index (χ2v) is 7.20. The normalized spacial score (nSPS) is 21.3. The predicted molar refractivity (Wildman–Crippen MR) is 104 cm³/mol. The molecular formula is C20H25N5O2. The third kappa shape index (κ3) is 3.88. The lowest BCUT2D eigenvalue weighted by molar-refractivity contribution is 0.0561. The Morgan fingerprint density at radius 1 is 1.07 bits per heavy atom. The highest BCUT2D eigenvalue weighted by Crippen LogP contribution is 2.21. The van der Waals surface area contributed by atoms with E-state index in [2.05, 4.69) is 44.0 Å². The van der Waals surface area contributed by atoms with Crippen molar-refractivity contribution >= 4 is 11.6 Å². The average molecular weight is 367 g/mol. The quantitative estimate of drug-likeness (QED) is 0.883. The summed E-state index contributed by atoms with van der Waals surface area (Å²) in [5.41, 5.74) is 1.04. The largest absolute Gasteiger partial charge is 0.369 e. The molecule has 1 unspecified atom stereocenters. The molecule has 7 heteroatoms. The molecule has 2 saturated heterocycles. The van der Waals surface area contributed by atoms with E-state index in [0.29, 0.717) is 19.1 Å². The Bertz CT molecular complexity index is 830. The van der Waals surface area contributed by atoms with Crippen LogP contribution in [0.15, 0.2) is 47.7 Å². The molecule has 2 aliphatic heterocycles. The van der Waals surface area contributed by atoms with Gasteiger partial charge in [0, 0.05) is 57.2 Å². The molecule has 3 heterocycles. The summed E-state index contributed by atoms with van der Waals surface area (Å²) in [6.45, 7) is 5.36. The number of carbonyl (C=O) groups is 1. The van der Waals surface area contributed by atoms with E-state index in [1.807, 2.05) is 11.0 Å². The van der Waals surface area contributed by atoms with E-state index in [-0.39, 0.29) is 17.0 Å². The van der Waals surface area contributed by atoms with E-state index in [1.165, 1.54) is 18.2 Å². The smallest absolute Gasteiger partial charge is 0.263 e. The van der Waals surface area contributed by atoms with Crippen molar-refractivity contribution in [2.45, 2.75) is 18.9 Å². The number of nitrogens with one attached hydrogen (secondary N) is 1. The fraction of sp³-hybridized carbons (Fsp3) is 0.450. The SMILES string of the molecule is O=C(c1cnc[nH]c1=O)N1CCCC(N2CCN(c3ccccc3)CC2)C1. The minimum atomic E-state index is -0.367. The number of anilines is 1. The molecule has 0 spiro atoms. The zero-order valence-corrected chi connectivity index (χ0v) is 15.4. The summed E-state index contributed by atoms with van der Waals surface area (Å²) in [5, 5.41) is 0. The lowest BCUT2D eigenvalue weighted by Crippen LogP contribution is -2.56. The zero-order chi connectivity index (χ0) is 18.6. The van der Waals surface area contributed by atoms with E-state index in [4.69, 9.17) is 0 Å². The third-order valence-electron chi connectivity index (χ3n) is 5.58. The van der Waals surface area contributed by atoms with E-state index in [1.54, 1.807) is 0 Å². The van der Waals surface area contributed by atoms with Crippen molar-refractivity contribution in [3.63, 3.8) is 0 Å². The molecule has 7 nitrogen and oxygen atoms in total. The summed E-state index contributed by atoms with van der Waals surface area (Å²) in [7, 11) is 0. The molecule has 1 aromatic heterocycles. The van der Waals surface area contributed by atoms with Crippen molar-refractivity contribution in [1.82, 2.24) is 19.8 Å². The van der Waals surface area contributed by atoms with Gasteiger partial charge in [0.15, 0.2) is 0 Å². The predicted octanol–water partition coefficient (Wildman–Crippen LogP) is 1.20. The van der Waals surface area contributed by atoms with Crippen molar-refractivity contribution in [2.75, 3.05) is 44.2 Å². The molecule has 27 heavy (non-hydrogen) atoms. The van der Waals surface area contributed by atoms with E-state index in [9.17, 15) is 9.59 Å². The maximum absolute atomic E-state index is 12.7. The van der Waals surface area contributed by atoms with Gasteiger partial charge in [0.1, 0.15) is 5.56 Å². The van der Waals surface area contributed by atoms with Crippen LogP contribution in [-0.4, -0.2) is 71.0 Å². The first-order valence-corrected chi connectivity index (χ1v) is 9.58. The number of nitrogens with zero attached hydrogens (tertiary/aromatic N) is 4. The highest BCUT2D eigenvalue weighted by Gasteiger charge is 2.31. The molecule has 1 aromatic carbocycles. The van der Waals surface area contributed by atoms with Crippen molar-refractivity contribution < 1.29 is 4.79 Å². The molecule has 0 aliphatic carbocycles. The highest BCUT2D eigenvalue weighted by molar-refractivity contribution is 5.93. The number of carbonyl (C=O) groups excluding carboxylic acids is 1. The Morgan fingerprint density at radius 2 is 1.85 bits per heavy atom. The molecule has 142 valence electrons. The summed E-state index contributed by atoms with van der Waals surface area (Å²) in [6, 6.07) is 10.9. The number of rotatable bonds is 3.